The molecular weight excluding hydrogens is 464 g/mol. The fraction of sp³-hybridized carbons (Fsp3) is 0.423. The van der Waals surface area contributed by atoms with Crippen molar-refractivity contribution in [3.8, 4) is 0 Å². The lowest BCUT2D eigenvalue weighted by Crippen LogP contribution is -2.49. The van der Waals surface area contributed by atoms with Gasteiger partial charge in [0.1, 0.15) is 0 Å². The zero-order chi connectivity index (χ0) is 24.2. The third kappa shape index (κ3) is 5.19. The number of aromatic nitrogens is 2. The van der Waals surface area contributed by atoms with Crippen molar-refractivity contribution in [3.05, 3.63) is 59.2 Å². The number of fused-ring (bicyclic) bond motifs is 1. The molecule has 0 atom stereocenters. The van der Waals surface area contributed by atoms with Crippen LogP contribution in [0.4, 0.5) is 11.5 Å². The molecule has 0 radical (unpaired) electrons. The van der Waals surface area contributed by atoms with Crippen molar-refractivity contribution in [3.63, 3.8) is 0 Å². The van der Waals surface area contributed by atoms with Crippen LogP contribution < -0.4 is 9.80 Å². The lowest BCUT2D eigenvalue weighted by molar-refractivity contribution is 0.0590. The molecule has 184 valence electrons. The van der Waals surface area contributed by atoms with Crippen LogP contribution in [0.15, 0.2) is 48.5 Å². The SMILES string of the molecule is COCCN1CCN(C(=O)c2nnc(N3CCN(c4cccc(Cl)c4)CC3)c3ccccc23)CC1. The summed E-state index contributed by atoms with van der Waals surface area (Å²) in [7, 11) is 1.71. The highest BCUT2D eigenvalue weighted by molar-refractivity contribution is 6.30. The smallest absolute Gasteiger partial charge is 0.275 e. The van der Waals surface area contributed by atoms with E-state index in [2.05, 4.69) is 31.0 Å². The zero-order valence-corrected chi connectivity index (χ0v) is 20.8. The van der Waals surface area contributed by atoms with Crippen molar-refractivity contribution >= 4 is 39.8 Å². The minimum atomic E-state index is -0.0441. The van der Waals surface area contributed by atoms with E-state index < -0.39 is 0 Å². The quantitative estimate of drug-likeness (QED) is 0.522. The van der Waals surface area contributed by atoms with Crippen LogP contribution in [0, 0.1) is 0 Å². The predicted octanol–water partition coefficient (Wildman–Crippen LogP) is 3.01. The highest BCUT2D eigenvalue weighted by Crippen LogP contribution is 2.29. The number of rotatable bonds is 6. The van der Waals surface area contributed by atoms with Gasteiger partial charge in [0.15, 0.2) is 11.5 Å². The molecule has 1 aromatic heterocycles. The second-order valence-corrected chi connectivity index (χ2v) is 9.43. The van der Waals surface area contributed by atoms with E-state index in [1.807, 2.05) is 47.4 Å². The highest BCUT2D eigenvalue weighted by atomic mass is 35.5. The number of benzene rings is 2. The van der Waals surface area contributed by atoms with Crippen molar-refractivity contribution in [1.82, 2.24) is 20.0 Å². The number of piperazine rings is 2. The van der Waals surface area contributed by atoms with Crippen molar-refractivity contribution in [2.24, 2.45) is 0 Å². The highest BCUT2D eigenvalue weighted by Gasteiger charge is 2.27. The normalized spacial score (nSPS) is 17.3. The molecule has 2 aromatic carbocycles. The van der Waals surface area contributed by atoms with E-state index in [0.29, 0.717) is 25.4 Å². The van der Waals surface area contributed by atoms with E-state index in [1.165, 1.54) is 0 Å². The molecule has 9 heteroatoms. The lowest BCUT2D eigenvalue weighted by atomic mass is 10.1. The maximum atomic E-state index is 13.4. The van der Waals surface area contributed by atoms with Crippen LogP contribution in [0.1, 0.15) is 10.5 Å². The largest absolute Gasteiger partial charge is 0.383 e. The van der Waals surface area contributed by atoms with Crippen LogP contribution in [0.3, 0.4) is 0 Å². The number of ether oxygens (including phenoxy) is 1. The van der Waals surface area contributed by atoms with Gasteiger partial charge in [0.05, 0.1) is 6.61 Å². The number of amides is 1. The van der Waals surface area contributed by atoms with E-state index >= 15 is 0 Å². The van der Waals surface area contributed by atoms with Gasteiger partial charge in [-0.3, -0.25) is 9.69 Å². The van der Waals surface area contributed by atoms with Crippen LogP contribution >= 0.6 is 11.6 Å². The van der Waals surface area contributed by atoms with Crippen molar-refractivity contribution in [2.45, 2.75) is 0 Å². The molecule has 2 saturated heterocycles. The van der Waals surface area contributed by atoms with Gasteiger partial charge >= 0.3 is 0 Å². The Morgan fingerprint density at radius 2 is 1.60 bits per heavy atom. The first-order chi connectivity index (χ1) is 17.1. The number of halogens is 1. The Morgan fingerprint density at radius 1 is 0.886 bits per heavy atom. The Labute approximate surface area is 211 Å². The van der Waals surface area contributed by atoms with Gasteiger partial charge in [-0.2, -0.15) is 0 Å². The van der Waals surface area contributed by atoms with E-state index in [0.717, 1.165) is 73.1 Å². The summed E-state index contributed by atoms with van der Waals surface area (Å²) in [6.07, 6.45) is 0. The molecule has 2 aliphatic rings. The number of anilines is 2. The monoisotopic (exact) mass is 494 g/mol. The molecule has 3 heterocycles. The molecule has 2 fully saturated rings. The molecule has 5 rings (SSSR count). The Balaban J connectivity index is 1.31. The Morgan fingerprint density at radius 3 is 2.31 bits per heavy atom. The van der Waals surface area contributed by atoms with E-state index in [4.69, 9.17) is 16.3 Å². The van der Waals surface area contributed by atoms with Crippen molar-refractivity contribution in [1.29, 1.82) is 0 Å². The standard InChI is InChI=1S/C26H31ClN6O2/c1-35-18-17-30-9-11-33(12-10-30)26(34)24-22-7-2-3-8-23(22)25(29-28-24)32-15-13-31(14-16-32)21-6-4-5-20(27)19-21/h2-8,19H,9-18H2,1H3. The molecule has 0 saturated carbocycles. The summed E-state index contributed by atoms with van der Waals surface area (Å²) in [6.45, 7) is 8.03. The summed E-state index contributed by atoms with van der Waals surface area (Å²) in [6, 6.07) is 16.0. The third-order valence-corrected chi connectivity index (χ3v) is 7.13. The summed E-state index contributed by atoms with van der Waals surface area (Å²) in [5, 5.41) is 11.6. The molecule has 0 bridgehead atoms. The van der Waals surface area contributed by atoms with Gasteiger partial charge < -0.3 is 19.4 Å². The second-order valence-electron chi connectivity index (χ2n) is 9.00. The van der Waals surface area contributed by atoms with Crippen molar-refractivity contribution < 1.29 is 9.53 Å². The molecule has 0 unspecified atom stereocenters. The van der Waals surface area contributed by atoms with Crippen LogP contribution in [0.5, 0.6) is 0 Å². The molecule has 0 aliphatic carbocycles. The van der Waals surface area contributed by atoms with Crippen LogP contribution in [-0.4, -0.2) is 98.5 Å². The average Bonchev–Trinajstić information content (AvgIpc) is 2.91. The summed E-state index contributed by atoms with van der Waals surface area (Å²) >= 11 is 6.18. The van der Waals surface area contributed by atoms with E-state index in [-0.39, 0.29) is 5.91 Å². The summed E-state index contributed by atoms with van der Waals surface area (Å²) in [4.78, 5) is 22.2. The summed E-state index contributed by atoms with van der Waals surface area (Å²) in [5.41, 5.74) is 1.57. The third-order valence-electron chi connectivity index (χ3n) is 6.89. The topological polar surface area (TPSA) is 65.0 Å². The van der Waals surface area contributed by atoms with Gasteiger partial charge in [-0.25, -0.2) is 0 Å². The van der Waals surface area contributed by atoms with Gasteiger partial charge in [-0.1, -0.05) is 41.9 Å². The number of nitrogens with zero attached hydrogens (tertiary/aromatic N) is 6. The first-order valence-corrected chi connectivity index (χ1v) is 12.5. The number of carbonyl (C=O) groups excluding carboxylic acids is 1. The molecule has 0 spiro atoms. The number of hydrogen-bond acceptors (Lipinski definition) is 7. The fourth-order valence-corrected chi connectivity index (χ4v) is 5.06. The van der Waals surface area contributed by atoms with Gasteiger partial charge in [-0.05, 0) is 18.2 Å². The molecule has 0 N–H and O–H groups in total. The van der Waals surface area contributed by atoms with Crippen LogP contribution in [0.2, 0.25) is 5.02 Å². The van der Waals surface area contributed by atoms with Gasteiger partial charge in [0.25, 0.3) is 5.91 Å². The van der Waals surface area contributed by atoms with E-state index in [1.54, 1.807) is 7.11 Å². The summed E-state index contributed by atoms with van der Waals surface area (Å²) < 4.78 is 5.18. The predicted molar refractivity (Wildman–Crippen MR) is 140 cm³/mol. The first-order valence-electron chi connectivity index (χ1n) is 12.2. The second kappa shape index (κ2) is 10.8. The van der Waals surface area contributed by atoms with Gasteiger partial charge in [0, 0.05) is 87.5 Å². The molecule has 8 nitrogen and oxygen atoms in total. The minimum absolute atomic E-state index is 0.0441. The molecular formula is C26H31ClN6O2. The van der Waals surface area contributed by atoms with Crippen LogP contribution in [0.25, 0.3) is 10.8 Å². The zero-order valence-electron chi connectivity index (χ0n) is 20.1. The minimum Gasteiger partial charge on any atom is -0.383 e. The Kier molecular flexibility index (Phi) is 7.32. The Hall–Kier alpha value is -2.94. The average molecular weight is 495 g/mol. The first kappa shape index (κ1) is 23.8. The number of carbonyl (C=O) groups is 1. The molecule has 2 aliphatic heterocycles. The Bertz CT molecular complexity index is 1180. The molecule has 1 amide bonds. The maximum absolute atomic E-state index is 13.4. The van der Waals surface area contributed by atoms with Gasteiger partial charge in [0.2, 0.25) is 0 Å². The number of methoxy groups -OCH3 is 1. The molecule has 35 heavy (non-hydrogen) atoms. The van der Waals surface area contributed by atoms with E-state index in [9.17, 15) is 4.79 Å². The fourth-order valence-electron chi connectivity index (χ4n) is 4.88. The van der Waals surface area contributed by atoms with Crippen molar-refractivity contribution in [2.75, 3.05) is 82.4 Å². The van der Waals surface area contributed by atoms with Crippen LogP contribution in [-0.2, 0) is 4.74 Å². The lowest BCUT2D eigenvalue weighted by Gasteiger charge is -2.37. The number of hydrogen-bond donors (Lipinski definition) is 0. The maximum Gasteiger partial charge on any atom is 0.275 e. The molecule has 3 aromatic rings. The summed E-state index contributed by atoms with van der Waals surface area (Å²) in [5.74, 6) is 0.796. The van der Waals surface area contributed by atoms with Gasteiger partial charge in [-0.15, -0.1) is 10.2 Å².